The predicted octanol–water partition coefficient (Wildman–Crippen LogP) is 3.79. The van der Waals surface area contributed by atoms with Crippen LogP contribution in [0.4, 0.5) is 11.8 Å². The first-order valence-electron chi connectivity index (χ1n) is 9.38. The molecule has 1 aliphatic rings. The van der Waals surface area contributed by atoms with Crippen molar-refractivity contribution in [2.24, 2.45) is 17.6 Å². The van der Waals surface area contributed by atoms with Gasteiger partial charge in [0, 0.05) is 18.1 Å². The van der Waals surface area contributed by atoms with Crippen molar-refractivity contribution in [3.05, 3.63) is 46.6 Å². The number of aromatic nitrogens is 2. The summed E-state index contributed by atoms with van der Waals surface area (Å²) in [5, 5.41) is 16.6. The molecule has 0 amide bonds. The first kappa shape index (κ1) is 19.4. The molecule has 0 saturated heterocycles. The second kappa shape index (κ2) is 9.54. The Morgan fingerprint density at radius 3 is 2.59 bits per heavy atom. The van der Waals surface area contributed by atoms with E-state index in [1.54, 1.807) is 6.20 Å². The lowest BCUT2D eigenvalue weighted by molar-refractivity contribution is 0.289. The fourth-order valence-corrected chi connectivity index (χ4v) is 3.61. The number of nitrogens with two attached hydrogens (primary N) is 1. The SMILES string of the molecule is N#Cc1cnc(NCc2ccccc2Cl)nc1NCC1CCC(CN)CC1. The van der Waals surface area contributed by atoms with Crippen molar-refractivity contribution in [3.63, 3.8) is 0 Å². The lowest BCUT2D eigenvalue weighted by Crippen LogP contribution is -2.25. The van der Waals surface area contributed by atoms with Crippen LogP contribution in [0.3, 0.4) is 0 Å². The highest BCUT2D eigenvalue weighted by atomic mass is 35.5. The summed E-state index contributed by atoms with van der Waals surface area (Å²) in [6.45, 7) is 2.12. The van der Waals surface area contributed by atoms with Gasteiger partial charge in [0.15, 0.2) is 0 Å². The monoisotopic (exact) mass is 384 g/mol. The zero-order chi connectivity index (χ0) is 19.1. The summed E-state index contributed by atoms with van der Waals surface area (Å²) in [4.78, 5) is 8.71. The van der Waals surface area contributed by atoms with Crippen molar-refractivity contribution in [3.8, 4) is 6.07 Å². The molecule has 1 aliphatic carbocycles. The highest BCUT2D eigenvalue weighted by molar-refractivity contribution is 6.31. The van der Waals surface area contributed by atoms with Gasteiger partial charge in [-0.15, -0.1) is 0 Å². The number of nitriles is 1. The third-order valence-electron chi connectivity index (χ3n) is 5.16. The second-order valence-electron chi connectivity index (χ2n) is 7.02. The maximum absolute atomic E-state index is 9.34. The molecule has 1 saturated carbocycles. The maximum atomic E-state index is 9.34. The molecule has 142 valence electrons. The van der Waals surface area contributed by atoms with E-state index in [1.807, 2.05) is 24.3 Å². The fraction of sp³-hybridized carbons (Fsp3) is 0.450. The zero-order valence-electron chi connectivity index (χ0n) is 15.3. The molecule has 2 aromatic rings. The Labute approximate surface area is 165 Å². The van der Waals surface area contributed by atoms with Crippen LogP contribution in [0, 0.1) is 23.2 Å². The van der Waals surface area contributed by atoms with Crippen LogP contribution in [0.1, 0.15) is 36.8 Å². The smallest absolute Gasteiger partial charge is 0.224 e. The summed E-state index contributed by atoms with van der Waals surface area (Å²) in [5.41, 5.74) is 7.19. The first-order chi connectivity index (χ1) is 13.2. The standard InChI is InChI=1S/C20H25ClN6/c21-18-4-2-1-3-16(18)12-25-20-26-13-17(10-23)19(27-20)24-11-15-7-5-14(9-22)6-8-15/h1-4,13-15H,5-9,11-12,22H2,(H2,24,25,26,27). The third-order valence-corrected chi connectivity index (χ3v) is 5.53. The van der Waals surface area contributed by atoms with E-state index in [0.717, 1.165) is 18.7 Å². The Morgan fingerprint density at radius 2 is 1.89 bits per heavy atom. The number of halogens is 1. The number of anilines is 2. The Kier molecular flexibility index (Phi) is 6.86. The van der Waals surface area contributed by atoms with Crippen LogP contribution in [0.2, 0.25) is 5.02 Å². The Balaban J connectivity index is 1.60. The minimum Gasteiger partial charge on any atom is -0.369 e. The van der Waals surface area contributed by atoms with E-state index >= 15 is 0 Å². The molecule has 3 rings (SSSR count). The van der Waals surface area contributed by atoms with Gasteiger partial charge in [-0.25, -0.2) is 4.98 Å². The summed E-state index contributed by atoms with van der Waals surface area (Å²) in [6.07, 6.45) is 6.25. The molecule has 0 bridgehead atoms. The molecule has 1 aromatic carbocycles. The van der Waals surface area contributed by atoms with Crippen molar-refractivity contribution >= 4 is 23.4 Å². The number of benzene rings is 1. The molecule has 0 unspecified atom stereocenters. The van der Waals surface area contributed by atoms with Crippen LogP contribution >= 0.6 is 11.6 Å². The molecule has 4 N–H and O–H groups in total. The summed E-state index contributed by atoms with van der Waals surface area (Å²) < 4.78 is 0. The van der Waals surface area contributed by atoms with Gasteiger partial charge in [0.2, 0.25) is 5.95 Å². The van der Waals surface area contributed by atoms with E-state index in [-0.39, 0.29) is 0 Å². The van der Waals surface area contributed by atoms with Gasteiger partial charge in [0.1, 0.15) is 17.5 Å². The summed E-state index contributed by atoms with van der Waals surface area (Å²) in [6, 6.07) is 9.80. The molecule has 1 fully saturated rings. The van der Waals surface area contributed by atoms with Gasteiger partial charge in [0.25, 0.3) is 0 Å². The van der Waals surface area contributed by atoms with E-state index in [9.17, 15) is 5.26 Å². The van der Waals surface area contributed by atoms with Crippen molar-refractivity contribution in [2.45, 2.75) is 32.2 Å². The van der Waals surface area contributed by atoms with Crippen LogP contribution in [-0.2, 0) is 6.54 Å². The van der Waals surface area contributed by atoms with Crippen LogP contribution < -0.4 is 16.4 Å². The maximum Gasteiger partial charge on any atom is 0.224 e. The van der Waals surface area contributed by atoms with Gasteiger partial charge in [-0.1, -0.05) is 29.8 Å². The number of hydrogen-bond donors (Lipinski definition) is 3. The molecule has 0 atom stereocenters. The van der Waals surface area contributed by atoms with E-state index in [1.165, 1.54) is 25.7 Å². The molecule has 27 heavy (non-hydrogen) atoms. The van der Waals surface area contributed by atoms with Crippen LogP contribution in [0.25, 0.3) is 0 Å². The molecule has 0 aliphatic heterocycles. The van der Waals surface area contributed by atoms with Gasteiger partial charge in [0.05, 0.1) is 6.20 Å². The molecule has 0 spiro atoms. The highest BCUT2D eigenvalue weighted by Crippen LogP contribution is 2.28. The van der Waals surface area contributed by atoms with Gasteiger partial charge >= 0.3 is 0 Å². The number of rotatable bonds is 7. The van der Waals surface area contributed by atoms with E-state index in [4.69, 9.17) is 17.3 Å². The lowest BCUT2D eigenvalue weighted by atomic mass is 9.82. The second-order valence-corrected chi connectivity index (χ2v) is 7.42. The van der Waals surface area contributed by atoms with Crippen LogP contribution in [0.5, 0.6) is 0 Å². The third kappa shape index (κ3) is 5.31. The van der Waals surface area contributed by atoms with Gasteiger partial charge < -0.3 is 16.4 Å². The quantitative estimate of drug-likeness (QED) is 0.671. The predicted molar refractivity (Wildman–Crippen MR) is 109 cm³/mol. The molecular weight excluding hydrogens is 360 g/mol. The summed E-state index contributed by atoms with van der Waals surface area (Å²) in [5.74, 6) is 2.31. The van der Waals surface area contributed by atoms with Crippen molar-refractivity contribution in [1.82, 2.24) is 9.97 Å². The zero-order valence-corrected chi connectivity index (χ0v) is 16.0. The lowest BCUT2D eigenvalue weighted by Gasteiger charge is -2.27. The summed E-state index contributed by atoms with van der Waals surface area (Å²) in [7, 11) is 0. The van der Waals surface area contributed by atoms with Crippen LogP contribution in [0.15, 0.2) is 30.5 Å². The average Bonchev–Trinajstić information content (AvgIpc) is 2.72. The Bertz CT molecular complexity index is 795. The summed E-state index contributed by atoms with van der Waals surface area (Å²) >= 11 is 6.18. The first-order valence-corrected chi connectivity index (χ1v) is 9.75. The number of nitrogens with zero attached hydrogens (tertiary/aromatic N) is 3. The number of nitrogens with one attached hydrogen (secondary N) is 2. The van der Waals surface area contributed by atoms with Crippen molar-refractivity contribution in [1.29, 1.82) is 5.26 Å². The van der Waals surface area contributed by atoms with E-state index in [0.29, 0.717) is 40.7 Å². The largest absolute Gasteiger partial charge is 0.369 e. The molecular formula is C20H25ClN6. The van der Waals surface area contributed by atoms with Crippen molar-refractivity contribution in [2.75, 3.05) is 23.7 Å². The van der Waals surface area contributed by atoms with Gasteiger partial charge in [-0.05, 0) is 55.7 Å². The molecule has 1 aromatic heterocycles. The molecule has 6 nitrogen and oxygen atoms in total. The molecule has 7 heteroatoms. The molecule has 1 heterocycles. The minimum atomic E-state index is 0.453. The van der Waals surface area contributed by atoms with E-state index < -0.39 is 0 Å². The van der Waals surface area contributed by atoms with Crippen LogP contribution in [-0.4, -0.2) is 23.1 Å². The topological polar surface area (TPSA) is 99.6 Å². The molecule has 0 radical (unpaired) electrons. The highest BCUT2D eigenvalue weighted by Gasteiger charge is 2.20. The number of hydrogen-bond acceptors (Lipinski definition) is 6. The van der Waals surface area contributed by atoms with Gasteiger partial charge in [-0.3, -0.25) is 0 Å². The average molecular weight is 385 g/mol. The van der Waals surface area contributed by atoms with E-state index in [2.05, 4.69) is 26.7 Å². The Hall–Kier alpha value is -2.36. The van der Waals surface area contributed by atoms with Gasteiger partial charge in [-0.2, -0.15) is 10.2 Å². The normalized spacial score (nSPS) is 19.3. The fourth-order valence-electron chi connectivity index (χ4n) is 3.41. The minimum absolute atomic E-state index is 0.453. The van der Waals surface area contributed by atoms with Crippen molar-refractivity contribution < 1.29 is 0 Å². The Morgan fingerprint density at radius 1 is 1.15 bits per heavy atom.